The maximum absolute atomic E-state index is 11.6. The van der Waals surface area contributed by atoms with Crippen molar-refractivity contribution in [2.24, 2.45) is 0 Å². The lowest BCUT2D eigenvalue weighted by Crippen LogP contribution is -2.32. The first-order valence-electron chi connectivity index (χ1n) is 5.20. The number of aromatic hydroxyl groups is 1. The molecule has 6 nitrogen and oxygen atoms in total. The highest BCUT2D eigenvalue weighted by molar-refractivity contribution is 5.23. The predicted molar refractivity (Wildman–Crippen MR) is 60.2 cm³/mol. The van der Waals surface area contributed by atoms with E-state index in [9.17, 15) is 14.7 Å². The first kappa shape index (κ1) is 11.3. The van der Waals surface area contributed by atoms with E-state index in [0.717, 1.165) is 4.57 Å². The van der Waals surface area contributed by atoms with Crippen molar-refractivity contribution in [1.82, 2.24) is 9.55 Å². The Morgan fingerprint density at radius 3 is 2.82 bits per heavy atom. The molecule has 90 valence electrons. The van der Waals surface area contributed by atoms with Gasteiger partial charge in [-0.1, -0.05) is 6.92 Å². The molecule has 0 aliphatic heterocycles. The molecule has 0 saturated heterocycles. The molecular weight excluding hydrogens is 224 g/mol. The molecule has 2 heterocycles. The second-order valence-corrected chi connectivity index (χ2v) is 3.58. The van der Waals surface area contributed by atoms with Crippen LogP contribution in [0.5, 0.6) is 5.88 Å². The quantitative estimate of drug-likeness (QED) is 0.809. The van der Waals surface area contributed by atoms with Crippen molar-refractivity contribution in [1.29, 1.82) is 0 Å². The minimum Gasteiger partial charge on any atom is -0.494 e. The van der Waals surface area contributed by atoms with Crippen molar-refractivity contribution >= 4 is 0 Å². The molecule has 17 heavy (non-hydrogen) atoms. The summed E-state index contributed by atoms with van der Waals surface area (Å²) in [6.07, 6.45) is 1.82. The van der Waals surface area contributed by atoms with Crippen LogP contribution in [0.25, 0.3) is 0 Å². The fraction of sp³-hybridized carbons (Fsp3) is 0.273. The first-order chi connectivity index (χ1) is 8.13. The molecule has 0 atom stereocenters. The summed E-state index contributed by atoms with van der Waals surface area (Å²) in [6.45, 7) is 1.81. The molecule has 0 fully saturated rings. The summed E-state index contributed by atoms with van der Waals surface area (Å²) >= 11 is 0. The van der Waals surface area contributed by atoms with Gasteiger partial charge < -0.3 is 9.52 Å². The lowest BCUT2D eigenvalue weighted by molar-refractivity contribution is 0.387. The molecule has 2 aromatic heterocycles. The fourth-order valence-electron chi connectivity index (χ4n) is 1.62. The van der Waals surface area contributed by atoms with Crippen molar-refractivity contribution in [2.45, 2.75) is 19.9 Å². The van der Waals surface area contributed by atoms with Gasteiger partial charge in [0, 0.05) is 0 Å². The van der Waals surface area contributed by atoms with E-state index in [-0.39, 0.29) is 18.0 Å². The molecule has 2 N–H and O–H groups in total. The average molecular weight is 236 g/mol. The summed E-state index contributed by atoms with van der Waals surface area (Å²) < 4.78 is 6.16. The van der Waals surface area contributed by atoms with Gasteiger partial charge in [-0.2, -0.15) is 0 Å². The number of hydrogen-bond donors (Lipinski definition) is 2. The fourth-order valence-corrected chi connectivity index (χ4v) is 1.62. The van der Waals surface area contributed by atoms with Crippen LogP contribution in [0, 0.1) is 0 Å². The zero-order valence-corrected chi connectivity index (χ0v) is 9.27. The largest absolute Gasteiger partial charge is 0.494 e. The predicted octanol–water partition coefficient (Wildman–Crippen LogP) is 0.446. The van der Waals surface area contributed by atoms with Crippen molar-refractivity contribution in [3.8, 4) is 5.88 Å². The van der Waals surface area contributed by atoms with Crippen LogP contribution in [0.15, 0.2) is 32.4 Å². The molecule has 6 heteroatoms. The Kier molecular flexibility index (Phi) is 2.86. The number of nitrogens with zero attached hydrogens (tertiary/aromatic N) is 1. The van der Waals surface area contributed by atoms with E-state index < -0.39 is 11.2 Å². The van der Waals surface area contributed by atoms with Crippen LogP contribution in [-0.2, 0) is 13.0 Å². The summed E-state index contributed by atoms with van der Waals surface area (Å²) in [5.74, 6) is 0.217. The third-order valence-corrected chi connectivity index (χ3v) is 2.51. The summed E-state index contributed by atoms with van der Waals surface area (Å²) in [7, 11) is 0. The number of furan rings is 1. The van der Waals surface area contributed by atoms with E-state index in [1.165, 1.54) is 6.26 Å². The number of H-pyrrole nitrogens is 1. The molecule has 0 aliphatic rings. The lowest BCUT2D eigenvalue weighted by Gasteiger charge is -2.08. The Morgan fingerprint density at radius 1 is 1.47 bits per heavy atom. The number of rotatable bonds is 3. The van der Waals surface area contributed by atoms with Crippen molar-refractivity contribution in [2.75, 3.05) is 0 Å². The Labute approximate surface area is 96.1 Å². The molecule has 0 radical (unpaired) electrons. The summed E-state index contributed by atoms with van der Waals surface area (Å²) in [5.41, 5.74) is -1.01. The van der Waals surface area contributed by atoms with Gasteiger partial charge in [0.25, 0.3) is 5.56 Å². The average Bonchev–Trinajstić information content (AvgIpc) is 2.77. The van der Waals surface area contributed by atoms with Gasteiger partial charge in [-0.3, -0.25) is 14.3 Å². The number of hydrogen-bond acceptors (Lipinski definition) is 4. The number of aromatic nitrogens is 2. The van der Waals surface area contributed by atoms with Gasteiger partial charge in [-0.25, -0.2) is 4.79 Å². The van der Waals surface area contributed by atoms with E-state index >= 15 is 0 Å². The van der Waals surface area contributed by atoms with Crippen LogP contribution in [0.4, 0.5) is 0 Å². The van der Waals surface area contributed by atoms with Gasteiger partial charge in [-0.15, -0.1) is 0 Å². The van der Waals surface area contributed by atoms with Crippen molar-refractivity contribution < 1.29 is 9.52 Å². The van der Waals surface area contributed by atoms with Gasteiger partial charge in [-0.05, 0) is 18.6 Å². The molecule has 0 bridgehead atoms. The second-order valence-electron chi connectivity index (χ2n) is 3.58. The molecule has 2 aromatic rings. The summed E-state index contributed by atoms with van der Waals surface area (Å²) in [6, 6.07) is 3.37. The molecule has 0 saturated carbocycles. The molecular formula is C11H12N2O4. The highest BCUT2D eigenvalue weighted by atomic mass is 16.3. The highest BCUT2D eigenvalue weighted by Gasteiger charge is 2.13. The second kappa shape index (κ2) is 4.32. The van der Waals surface area contributed by atoms with E-state index in [1.807, 2.05) is 0 Å². The van der Waals surface area contributed by atoms with E-state index in [1.54, 1.807) is 19.1 Å². The monoisotopic (exact) mass is 236 g/mol. The Morgan fingerprint density at radius 2 is 2.24 bits per heavy atom. The number of aromatic amines is 1. The van der Waals surface area contributed by atoms with Crippen molar-refractivity contribution in [3.63, 3.8) is 0 Å². The maximum Gasteiger partial charge on any atom is 0.331 e. The Balaban J connectivity index is 2.54. The zero-order valence-electron chi connectivity index (χ0n) is 9.27. The van der Waals surface area contributed by atoms with Crippen LogP contribution in [0.2, 0.25) is 0 Å². The molecule has 2 rings (SSSR count). The zero-order chi connectivity index (χ0) is 12.4. The molecule has 0 unspecified atom stereocenters. The van der Waals surface area contributed by atoms with Crippen molar-refractivity contribution in [3.05, 3.63) is 50.6 Å². The van der Waals surface area contributed by atoms with Gasteiger partial charge in [0.2, 0.25) is 5.88 Å². The van der Waals surface area contributed by atoms with Gasteiger partial charge in [0.15, 0.2) is 0 Å². The standard InChI is InChI=1S/C11H12N2O4/c1-2-8-9(14)12-11(16)13(10(8)15)6-7-4-3-5-17-7/h3-5,15H,2,6H2,1H3,(H,12,14,16). The molecule has 0 spiro atoms. The van der Waals surface area contributed by atoms with Crippen LogP contribution >= 0.6 is 0 Å². The topological polar surface area (TPSA) is 88.2 Å². The van der Waals surface area contributed by atoms with Gasteiger partial charge in [0.05, 0.1) is 18.4 Å². The highest BCUT2D eigenvalue weighted by Crippen LogP contribution is 2.12. The molecule has 0 aliphatic carbocycles. The minimum atomic E-state index is -0.652. The minimum absolute atomic E-state index is 0.0848. The third kappa shape index (κ3) is 2.01. The SMILES string of the molecule is CCc1c(O)n(Cc2ccco2)c(=O)[nH]c1=O. The van der Waals surface area contributed by atoms with E-state index in [0.29, 0.717) is 12.2 Å². The molecule has 0 amide bonds. The van der Waals surface area contributed by atoms with Crippen LogP contribution < -0.4 is 11.2 Å². The smallest absolute Gasteiger partial charge is 0.331 e. The van der Waals surface area contributed by atoms with Gasteiger partial charge in [0.1, 0.15) is 5.76 Å². The van der Waals surface area contributed by atoms with Crippen LogP contribution in [0.1, 0.15) is 18.2 Å². The molecule has 0 aromatic carbocycles. The van der Waals surface area contributed by atoms with E-state index in [2.05, 4.69) is 4.98 Å². The Hall–Kier alpha value is -2.24. The summed E-state index contributed by atoms with van der Waals surface area (Å²) in [4.78, 5) is 25.1. The summed E-state index contributed by atoms with van der Waals surface area (Å²) in [5, 5.41) is 9.85. The normalized spacial score (nSPS) is 10.6. The van der Waals surface area contributed by atoms with Crippen LogP contribution in [0.3, 0.4) is 0 Å². The third-order valence-electron chi connectivity index (χ3n) is 2.51. The first-order valence-corrected chi connectivity index (χ1v) is 5.20. The van der Waals surface area contributed by atoms with Gasteiger partial charge >= 0.3 is 5.69 Å². The number of nitrogens with one attached hydrogen (secondary N) is 1. The Bertz CT molecular complexity index is 622. The van der Waals surface area contributed by atoms with Crippen LogP contribution in [-0.4, -0.2) is 14.7 Å². The maximum atomic E-state index is 11.6. The lowest BCUT2D eigenvalue weighted by atomic mass is 10.2. The van der Waals surface area contributed by atoms with E-state index in [4.69, 9.17) is 4.42 Å².